The Bertz CT molecular complexity index is 1110. The first-order chi connectivity index (χ1) is 13.1. The summed E-state index contributed by atoms with van der Waals surface area (Å²) in [6, 6.07) is 6.11. The fourth-order valence-electron chi connectivity index (χ4n) is 4.17. The number of aromatic nitrogens is 4. The van der Waals surface area contributed by atoms with Crippen molar-refractivity contribution < 1.29 is 4.79 Å². The van der Waals surface area contributed by atoms with E-state index in [0.29, 0.717) is 5.92 Å². The van der Waals surface area contributed by atoms with Gasteiger partial charge in [-0.05, 0) is 49.4 Å². The molecule has 1 aliphatic heterocycles. The number of rotatable bonds is 2. The topological polar surface area (TPSA) is 66.8 Å². The number of carbonyl (C=O) groups is 1. The van der Waals surface area contributed by atoms with Crippen molar-refractivity contribution in [1.29, 1.82) is 0 Å². The fourth-order valence-corrected chi connectivity index (χ4v) is 5.27. The van der Waals surface area contributed by atoms with Crippen molar-refractivity contribution in [2.24, 2.45) is 7.05 Å². The van der Waals surface area contributed by atoms with Crippen molar-refractivity contribution in [3.8, 4) is 0 Å². The maximum Gasteiger partial charge on any atom is 0.264 e. The monoisotopic (exact) mass is 379 g/mol. The Hall–Kier alpha value is -2.67. The van der Waals surface area contributed by atoms with Crippen LogP contribution in [-0.4, -0.2) is 43.6 Å². The summed E-state index contributed by atoms with van der Waals surface area (Å²) in [7, 11) is 1.93. The average molecular weight is 379 g/mol. The van der Waals surface area contributed by atoms with E-state index in [1.165, 1.54) is 10.9 Å². The van der Waals surface area contributed by atoms with E-state index in [0.717, 1.165) is 52.4 Å². The lowest BCUT2D eigenvalue weighted by Crippen LogP contribution is -2.37. The summed E-state index contributed by atoms with van der Waals surface area (Å²) in [5, 5.41) is 6.71. The molecule has 138 valence electrons. The number of hydrogen-bond donors (Lipinski definition) is 1. The van der Waals surface area contributed by atoms with E-state index in [2.05, 4.69) is 27.3 Å². The summed E-state index contributed by atoms with van der Waals surface area (Å²) in [5.74, 6) is 0.621. The molecule has 5 rings (SSSR count). The molecule has 0 saturated carbocycles. The maximum atomic E-state index is 13.0. The minimum Gasteiger partial charge on any atom is -0.346 e. The highest BCUT2D eigenvalue weighted by Gasteiger charge is 2.27. The largest absolute Gasteiger partial charge is 0.346 e. The summed E-state index contributed by atoms with van der Waals surface area (Å²) in [4.78, 5) is 24.5. The SMILES string of the molecule is Cc1nn(C)c2sc(C(=O)N3CCC(c4c[nH]c5ncccc45)CC3)cc12. The number of aromatic amines is 1. The van der Waals surface area contributed by atoms with Gasteiger partial charge in [0.1, 0.15) is 10.5 Å². The highest BCUT2D eigenvalue weighted by atomic mass is 32.1. The van der Waals surface area contributed by atoms with Crippen LogP contribution in [0, 0.1) is 6.92 Å². The molecule has 0 unspecified atom stereocenters. The van der Waals surface area contributed by atoms with E-state index < -0.39 is 0 Å². The molecule has 1 saturated heterocycles. The Balaban J connectivity index is 1.33. The highest BCUT2D eigenvalue weighted by molar-refractivity contribution is 7.20. The molecule has 6 nitrogen and oxygen atoms in total. The summed E-state index contributed by atoms with van der Waals surface area (Å²) in [5.41, 5.74) is 3.25. The van der Waals surface area contributed by atoms with E-state index in [9.17, 15) is 4.79 Å². The summed E-state index contributed by atoms with van der Waals surface area (Å²) >= 11 is 1.54. The van der Waals surface area contributed by atoms with Crippen LogP contribution in [0.5, 0.6) is 0 Å². The molecule has 5 heterocycles. The molecular formula is C20H21N5OS. The van der Waals surface area contributed by atoms with E-state index in [4.69, 9.17) is 0 Å². The number of piperidine rings is 1. The van der Waals surface area contributed by atoms with Gasteiger partial charge < -0.3 is 9.88 Å². The molecule has 1 N–H and O–H groups in total. The molecule has 0 bridgehead atoms. The third-order valence-electron chi connectivity index (χ3n) is 5.61. The third-order valence-corrected chi connectivity index (χ3v) is 6.80. The minimum absolute atomic E-state index is 0.148. The van der Waals surface area contributed by atoms with Gasteiger partial charge in [-0.15, -0.1) is 11.3 Å². The zero-order chi connectivity index (χ0) is 18.5. The number of pyridine rings is 1. The molecule has 0 aliphatic carbocycles. The minimum atomic E-state index is 0.148. The Kier molecular flexibility index (Phi) is 3.79. The number of likely N-dealkylation sites (tertiary alicyclic amines) is 1. The number of thiophene rings is 1. The highest BCUT2D eigenvalue weighted by Crippen LogP contribution is 2.34. The molecule has 1 aliphatic rings. The van der Waals surface area contributed by atoms with Gasteiger partial charge in [0, 0.05) is 43.3 Å². The second kappa shape index (κ2) is 6.20. The number of aryl methyl sites for hydroxylation is 2. The van der Waals surface area contributed by atoms with E-state index in [1.807, 2.05) is 41.9 Å². The lowest BCUT2D eigenvalue weighted by atomic mass is 9.89. The van der Waals surface area contributed by atoms with Crippen LogP contribution in [0.2, 0.25) is 0 Å². The van der Waals surface area contributed by atoms with Gasteiger partial charge in [-0.2, -0.15) is 5.10 Å². The first-order valence-electron chi connectivity index (χ1n) is 9.26. The van der Waals surface area contributed by atoms with Gasteiger partial charge in [0.2, 0.25) is 0 Å². The normalized spacial score (nSPS) is 15.9. The van der Waals surface area contributed by atoms with Crippen molar-refractivity contribution in [2.75, 3.05) is 13.1 Å². The number of H-pyrrole nitrogens is 1. The molecule has 1 amide bonds. The molecule has 4 aromatic heterocycles. The van der Waals surface area contributed by atoms with Gasteiger partial charge in [0.15, 0.2) is 0 Å². The molecule has 0 radical (unpaired) electrons. The standard InChI is InChI=1S/C20H21N5OS/c1-12-15-10-17(27-20(15)24(2)23-12)19(26)25-8-5-13(6-9-25)16-11-22-18-14(16)4-3-7-21-18/h3-4,7,10-11,13H,5-6,8-9H2,1-2H3,(H,21,22). The molecule has 1 fully saturated rings. The number of fused-ring (bicyclic) bond motifs is 2. The predicted octanol–water partition coefficient (Wildman–Crippen LogP) is 3.84. The van der Waals surface area contributed by atoms with Crippen LogP contribution in [0.3, 0.4) is 0 Å². The van der Waals surface area contributed by atoms with Crippen molar-refractivity contribution >= 4 is 38.5 Å². The van der Waals surface area contributed by atoms with Crippen LogP contribution in [0.4, 0.5) is 0 Å². The molecule has 0 spiro atoms. The van der Waals surface area contributed by atoms with Crippen LogP contribution in [0.1, 0.15) is 39.7 Å². The van der Waals surface area contributed by atoms with E-state index >= 15 is 0 Å². The number of nitrogens with one attached hydrogen (secondary N) is 1. The Morgan fingerprint density at radius 3 is 2.89 bits per heavy atom. The molecule has 0 atom stereocenters. The number of amides is 1. The molecular weight excluding hydrogens is 358 g/mol. The maximum absolute atomic E-state index is 13.0. The van der Waals surface area contributed by atoms with Gasteiger partial charge >= 0.3 is 0 Å². The van der Waals surface area contributed by atoms with Crippen molar-refractivity contribution in [2.45, 2.75) is 25.7 Å². The summed E-state index contributed by atoms with van der Waals surface area (Å²) < 4.78 is 1.86. The van der Waals surface area contributed by atoms with Crippen molar-refractivity contribution in [3.63, 3.8) is 0 Å². The van der Waals surface area contributed by atoms with Gasteiger partial charge in [0.05, 0.1) is 10.6 Å². The average Bonchev–Trinajstić information content (AvgIpc) is 3.38. The molecule has 7 heteroatoms. The lowest BCUT2D eigenvalue weighted by molar-refractivity contribution is 0.0718. The van der Waals surface area contributed by atoms with Crippen LogP contribution in [-0.2, 0) is 7.05 Å². The molecule has 27 heavy (non-hydrogen) atoms. The number of hydrogen-bond acceptors (Lipinski definition) is 4. The van der Waals surface area contributed by atoms with Crippen LogP contribution >= 0.6 is 11.3 Å². The summed E-state index contributed by atoms with van der Waals surface area (Å²) in [6.45, 7) is 3.58. The van der Waals surface area contributed by atoms with Crippen LogP contribution in [0.25, 0.3) is 21.3 Å². The van der Waals surface area contributed by atoms with Crippen LogP contribution < -0.4 is 0 Å². The second-order valence-corrected chi connectivity index (χ2v) is 8.28. The Morgan fingerprint density at radius 2 is 2.11 bits per heavy atom. The number of nitrogens with zero attached hydrogens (tertiary/aromatic N) is 4. The predicted molar refractivity (Wildman–Crippen MR) is 107 cm³/mol. The molecule has 0 aromatic carbocycles. The van der Waals surface area contributed by atoms with Crippen molar-refractivity contribution in [3.05, 3.63) is 46.7 Å². The first-order valence-corrected chi connectivity index (χ1v) is 10.1. The van der Waals surface area contributed by atoms with Gasteiger partial charge in [-0.25, -0.2) is 4.98 Å². The van der Waals surface area contributed by atoms with E-state index in [-0.39, 0.29) is 5.91 Å². The fraction of sp³-hybridized carbons (Fsp3) is 0.350. The Labute approximate surface area is 160 Å². The summed E-state index contributed by atoms with van der Waals surface area (Å²) in [6.07, 6.45) is 5.87. The smallest absolute Gasteiger partial charge is 0.264 e. The zero-order valence-corrected chi connectivity index (χ0v) is 16.2. The van der Waals surface area contributed by atoms with Gasteiger partial charge in [-0.3, -0.25) is 9.48 Å². The number of carbonyl (C=O) groups excluding carboxylic acids is 1. The first kappa shape index (κ1) is 16.5. The van der Waals surface area contributed by atoms with Gasteiger partial charge in [0.25, 0.3) is 5.91 Å². The van der Waals surface area contributed by atoms with Crippen molar-refractivity contribution in [1.82, 2.24) is 24.6 Å². The van der Waals surface area contributed by atoms with Gasteiger partial charge in [-0.1, -0.05) is 0 Å². The third kappa shape index (κ3) is 2.65. The second-order valence-electron chi connectivity index (χ2n) is 7.25. The van der Waals surface area contributed by atoms with E-state index in [1.54, 1.807) is 11.3 Å². The van der Waals surface area contributed by atoms with Crippen LogP contribution in [0.15, 0.2) is 30.6 Å². The Morgan fingerprint density at radius 1 is 1.30 bits per heavy atom. The lowest BCUT2D eigenvalue weighted by Gasteiger charge is -2.31. The zero-order valence-electron chi connectivity index (χ0n) is 15.4. The quantitative estimate of drug-likeness (QED) is 0.575. The molecule has 4 aromatic rings.